The zero-order chi connectivity index (χ0) is 17.0. The molecule has 0 aliphatic carbocycles. The zero-order valence-electron chi connectivity index (χ0n) is 11.9. The second-order valence-corrected chi connectivity index (χ2v) is 5.65. The number of hydrogen-bond acceptors (Lipinski definition) is 4. The lowest BCUT2D eigenvalue weighted by molar-refractivity contribution is 0.0974. The molecule has 0 spiro atoms. The molecule has 0 fully saturated rings. The van der Waals surface area contributed by atoms with E-state index in [1.54, 1.807) is 18.2 Å². The first-order valence-corrected chi connectivity index (χ1v) is 7.52. The number of carbonyl (C=O) groups excluding carboxylic acids is 1. The number of ether oxygens (including phenoxy) is 1. The molecule has 0 radical (unpaired) electrons. The SMILES string of the molecule is COc1c(Cl)cc(Cl)cc1C(=O)NC(=S)Nc1ccccc1O. The van der Waals surface area contributed by atoms with Gasteiger partial charge in [0.1, 0.15) is 11.5 Å². The third-order valence-electron chi connectivity index (χ3n) is 2.84. The van der Waals surface area contributed by atoms with Crippen molar-refractivity contribution in [3.63, 3.8) is 0 Å². The largest absolute Gasteiger partial charge is 0.506 e. The molecular weight excluding hydrogens is 359 g/mol. The second kappa shape index (κ2) is 7.50. The van der Waals surface area contributed by atoms with Gasteiger partial charge < -0.3 is 15.2 Å². The van der Waals surface area contributed by atoms with Gasteiger partial charge in [-0.2, -0.15) is 0 Å². The molecule has 0 atom stereocenters. The van der Waals surface area contributed by atoms with E-state index in [9.17, 15) is 9.90 Å². The van der Waals surface area contributed by atoms with Gasteiger partial charge in [-0.3, -0.25) is 10.1 Å². The Hall–Kier alpha value is -2.02. The molecule has 2 aromatic carbocycles. The first-order chi connectivity index (χ1) is 10.9. The zero-order valence-corrected chi connectivity index (χ0v) is 14.2. The van der Waals surface area contributed by atoms with Crippen LogP contribution in [0.2, 0.25) is 10.0 Å². The Morgan fingerprint density at radius 1 is 1.26 bits per heavy atom. The van der Waals surface area contributed by atoms with Crippen molar-refractivity contribution in [3.8, 4) is 11.5 Å². The van der Waals surface area contributed by atoms with Gasteiger partial charge in [0.2, 0.25) is 0 Å². The van der Waals surface area contributed by atoms with Crippen LogP contribution in [0.4, 0.5) is 5.69 Å². The van der Waals surface area contributed by atoms with Gasteiger partial charge in [0.15, 0.2) is 5.11 Å². The van der Waals surface area contributed by atoms with Crippen LogP contribution in [0.3, 0.4) is 0 Å². The molecule has 0 saturated heterocycles. The van der Waals surface area contributed by atoms with Crippen molar-refractivity contribution in [2.24, 2.45) is 0 Å². The van der Waals surface area contributed by atoms with Crippen molar-refractivity contribution < 1.29 is 14.6 Å². The highest BCUT2D eigenvalue weighted by Crippen LogP contribution is 2.32. The molecule has 2 aromatic rings. The quantitative estimate of drug-likeness (QED) is 0.565. The summed E-state index contributed by atoms with van der Waals surface area (Å²) in [5.41, 5.74) is 0.514. The summed E-state index contributed by atoms with van der Waals surface area (Å²) < 4.78 is 5.12. The Labute approximate surface area is 148 Å². The van der Waals surface area contributed by atoms with Gasteiger partial charge in [-0.15, -0.1) is 0 Å². The minimum absolute atomic E-state index is 0.00693. The van der Waals surface area contributed by atoms with Gasteiger partial charge in [0, 0.05) is 5.02 Å². The summed E-state index contributed by atoms with van der Waals surface area (Å²) in [5.74, 6) is -0.342. The third kappa shape index (κ3) is 4.25. The number of anilines is 1. The van der Waals surface area contributed by atoms with Crippen LogP contribution in [-0.4, -0.2) is 23.2 Å². The molecule has 0 saturated carbocycles. The molecule has 0 bridgehead atoms. The molecule has 120 valence electrons. The number of aromatic hydroxyl groups is 1. The van der Waals surface area contributed by atoms with E-state index in [0.717, 1.165) is 0 Å². The summed E-state index contributed by atoms with van der Waals surface area (Å²) in [5, 5.41) is 15.4. The smallest absolute Gasteiger partial charge is 0.261 e. The predicted molar refractivity (Wildman–Crippen MR) is 94.8 cm³/mol. The second-order valence-electron chi connectivity index (χ2n) is 4.39. The Balaban J connectivity index is 2.16. The number of carbonyl (C=O) groups is 1. The van der Waals surface area contributed by atoms with Crippen LogP contribution in [0, 0.1) is 0 Å². The van der Waals surface area contributed by atoms with Gasteiger partial charge >= 0.3 is 0 Å². The van der Waals surface area contributed by atoms with Gasteiger partial charge in [-0.05, 0) is 36.5 Å². The monoisotopic (exact) mass is 370 g/mol. The molecule has 2 rings (SSSR count). The van der Waals surface area contributed by atoms with Crippen LogP contribution in [0.5, 0.6) is 11.5 Å². The molecule has 0 aliphatic heterocycles. The van der Waals surface area contributed by atoms with Crippen molar-refractivity contribution in [2.45, 2.75) is 0 Å². The van der Waals surface area contributed by atoms with Gasteiger partial charge in [0.25, 0.3) is 5.91 Å². The number of hydrogen-bond donors (Lipinski definition) is 3. The molecule has 3 N–H and O–H groups in total. The standard InChI is InChI=1S/C15H12Cl2N2O3S/c1-22-13-9(6-8(16)7-10(13)17)14(21)19-15(23)18-11-4-2-3-5-12(11)20/h2-7,20H,1H3,(H2,18,19,21,23). The van der Waals surface area contributed by atoms with Gasteiger partial charge in [0.05, 0.1) is 23.4 Å². The molecule has 5 nitrogen and oxygen atoms in total. The van der Waals surface area contributed by atoms with Crippen LogP contribution in [0.25, 0.3) is 0 Å². The summed E-state index contributed by atoms with van der Waals surface area (Å²) in [6.45, 7) is 0. The lowest BCUT2D eigenvalue weighted by Crippen LogP contribution is -2.34. The minimum atomic E-state index is -0.542. The number of rotatable bonds is 3. The lowest BCUT2D eigenvalue weighted by atomic mass is 10.2. The normalized spacial score (nSPS) is 10.0. The van der Waals surface area contributed by atoms with E-state index in [0.29, 0.717) is 10.7 Å². The predicted octanol–water partition coefficient (Wildman–Crippen LogP) is 3.83. The lowest BCUT2D eigenvalue weighted by Gasteiger charge is -2.13. The Morgan fingerprint density at radius 3 is 2.61 bits per heavy atom. The van der Waals surface area contributed by atoms with Crippen LogP contribution in [0.15, 0.2) is 36.4 Å². The van der Waals surface area contributed by atoms with Crippen molar-refractivity contribution in [1.29, 1.82) is 0 Å². The highest BCUT2D eigenvalue weighted by molar-refractivity contribution is 7.80. The van der Waals surface area contributed by atoms with Crippen molar-refractivity contribution in [3.05, 3.63) is 52.0 Å². The highest BCUT2D eigenvalue weighted by atomic mass is 35.5. The molecule has 0 aromatic heterocycles. The number of methoxy groups -OCH3 is 1. The fraction of sp³-hybridized carbons (Fsp3) is 0.0667. The number of benzene rings is 2. The summed E-state index contributed by atoms with van der Waals surface area (Å²) in [4.78, 5) is 12.3. The van der Waals surface area contributed by atoms with Crippen LogP contribution in [-0.2, 0) is 0 Å². The molecular formula is C15H12Cl2N2O3S. The molecule has 8 heteroatoms. The van der Waals surface area contributed by atoms with Crippen molar-refractivity contribution in [2.75, 3.05) is 12.4 Å². The number of phenols is 1. The number of nitrogens with one attached hydrogen (secondary N) is 2. The number of para-hydroxylation sites is 2. The first-order valence-electron chi connectivity index (χ1n) is 6.35. The molecule has 0 aliphatic rings. The number of thiocarbonyl (C=S) groups is 1. The number of amides is 1. The van der Waals surface area contributed by atoms with Crippen molar-refractivity contribution in [1.82, 2.24) is 5.32 Å². The average Bonchev–Trinajstić information content (AvgIpc) is 2.48. The Kier molecular flexibility index (Phi) is 5.65. The van der Waals surface area contributed by atoms with E-state index < -0.39 is 5.91 Å². The molecule has 23 heavy (non-hydrogen) atoms. The molecule has 1 amide bonds. The maximum atomic E-state index is 12.3. The van der Waals surface area contributed by atoms with E-state index >= 15 is 0 Å². The van der Waals surface area contributed by atoms with Crippen molar-refractivity contribution >= 4 is 52.1 Å². The van der Waals surface area contributed by atoms with E-state index in [-0.39, 0.29) is 27.2 Å². The number of halogens is 2. The maximum absolute atomic E-state index is 12.3. The fourth-order valence-electron chi connectivity index (χ4n) is 1.84. The van der Waals surface area contributed by atoms with E-state index in [2.05, 4.69) is 10.6 Å². The fourth-order valence-corrected chi connectivity index (χ4v) is 2.61. The summed E-state index contributed by atoms with van der Waals surface area (Å²) in [6, 6.07) is 9.38. The Bertz CT molecular complexity index is 768. The topological polar surface area (TPSA) is 70.6 Å². The molecule has 0 heterocycles. The van der Waals surface area contributed by atoms with E-state index in [1.165, 1.54) is 25.3 Å². The molecule has 0 unspecified atom stereocenters. The van der Waals surface area contributed by atoms with Gasteiger partial charge in [-0.25, -0.2) is 0 Å². The Morgan fingerprint density at radius 2 is 1.96 bits per heavy atom. The maximum Gasteiger partial charge on any atom is 0.261 e. The van der Waals surface area contributed by atoms with Crippen LogP contribution >= 0.6 is 35.4 Å². The van der Waals surface area contributed by atoms with Crippen LogP contribution < -0.4 is 15.4 Å². The van der Waals surface area contributed by atoms with E-state index in [4.69, 9.17) is 40.2 Å². The summed E-state index contributed by atoms with van der Waals surface area (Å²) >= 11 is 17.0. The minimum Gasteiger partial charge on any atom is -0.506 e. The summed E-state index contributed by atoms with van der Waals surface area (Å²) in [7, 11) is 1.39. The third-order valence-corrected chi connectivity index (χ3v) is 3.54. The van der Waals surface area contributed by atoms with Gasteiger partial charge in [-0.1, -0.05) is 35.3 Å². The first kappa shape index (κ1) is 17.3. The summed E-state index contributed by atoms with van der Waals surface area (Å²) in [6.07, 6.45) is 0. The highest BCUT2D eigenvalue weighted by Gasteiger charge is 2.18. The van der Waals surface area contributed by atoms with E-state index in [1.807, 2.05) is 0 Å². The van der Waals surface area contributed by atoms with Crippen LogP contribution in [0.1, 0.15) is 10.4 Å². The number of phenolic OH excluding ortho intramolecular Hbond substituents is 1. The average molecular weight is 371 g/mol.